The molecule has 1 fully saturated rings. The average Bonchev–Trinajstić information content (AvgIpc) is 3.50. The zero-order chi connectivity index (χ0) is 28.9. The number of hydrogen-bond acceptors (Lipinski definition) is 7. The number of piperidine rings is 1. The molecule has 4 aromatic rings. The van der Waals surface area contributed by atoms with Gasteiger partial charge in [-0.2, -0.15) is 14.9 Å². The van der Waals surface area contributed by atoms with Crippen LogP contribution in [0.1, 0.15) is 68.6 Å². The molecule has 3 heterocycles. The molecule has 216 valence electrons. The lowest BCUT2D eigenvalue weighted by atomic mass is 9.96. The van der Waals surface area contributed by atoms with Crippen molar-refractivity contribution in [3.63, 3.8) is 0 Å². The van der Waals surface area contributed by atoms with Crippen molar-refractivity contribution < 1.29 is 13.9 Å². The number of methoxy groups -OCH3 is 1. The highest BCUT2D eigenvalue weighted by atomic mass is 32.1. The van der Waals surface area contributed by atoms with Gasteiger partial charge in [0.1, 0.15) is 12.0 Å². The van der Waals surface area contributed by atoms with E-state index in [1.807, 2.05) is 28.9 Å². The van der Waals surface area contributed by atoms with Crippen LogP contribution in [0, 0.1) is 10.7 Å². The fraction of sp³-hybridized carbons (Fsp3) is 0.433. The zero-order valence-electron chi connectivity index (χ0n) is 24.1. The molecule has 1 aliphatic rings. The van der Waals surface area contributed by atoms with Gasteiger partial charge in [-0.3, -0.25) is 9.42 Å². The van der Waals surface area contributed by atoms with Crippen LogP contribution in [0.2, 0.25) is 0 Å². The summed E-state index contributed by atoms with van der Waals surface area (Å²) in [5, 5.41) is 12.3. The second-order valence-corrected chi connectivity index (χ2v) is 11.3. The third kappa shape index (κ3) is 6.57. The molecule has 2 aromatic carbocycles. The Bertz CT molecular complexity index is 1590. The molecule has 10 nitrogen and oxygen atoms in total. The van der Waals surface area contributed by atoms with Crippen LogP contribution in [-0.2, 0) is 13.1 Å². The van der Waals surface area contributed by atoms with Gasteiger partial charge < -0.3 is 4.74 Å². The Balaban J connectivity index is 1.51. The van der Waals surface area contributed by atoms with E-state index in [-0.39, 0.29) is 11.6 Å². The molecule has 0 aliphatic carbocycles. The van der Waals surface area contributed by atoms with Crippen molar-refractivity contribution in [1.82, 2.24) is 24.6 Å². The molecule has 1 saturated heterocycles. The van der Waals surface area contributed by atoms with Gasteiger partial charge in [-0.15, -0.1) is 0 Å². The molecule has 0 radical (unpaired) electrons. The lowest BCUT2D eigenvalue weighted by Gasteiger charge is -2.25. The van der Waals surface area contributed by atoms with E-state index in [2.05, 4.69) is 55.2 Å². The second-order valence-electron chi connectivity index (χ2n) is 11.0. The minimum Gasteiger partial charge on any atom is -0.497 e. The van der Waals surface area contributed by atoms with Crippen molar-refractivity contribution >= 4 is 18.4 Å². The molecule has 0 spiro atoms. The van der Waals surface area contributed by atoms with Gasteiger partial charge in [0.25, 0.3) is 0 Å². The number of ether oxygens (including phenoxy) is 1. The lowest BCUT2D eigenvalue weighted by Crippen LogP contribution is -2.38. The van der Waals surface area contributed by atoms with Crippen LogP contribution < -0.4 is 15.0 Å². The van der Waals surface area contributed by atoms with Crippen LogP contribution in [0.25, 0.3) is 5.69 Å². The third-order valence-electron chi connectivity index (χ3n) is 7.44. The summed E-state index contributed by atoms with van der Waals surface area (Å²) in [6.45, 7) is 9.20. The summed E-state index contributed by atoms with van der Waals surface area (Å²) in [5.41, 5.74) is 2.79. The predicted octanol–water partition coefficient (Wildman–Crippen LogP) is 4.66. The largest absolute Gasteiger partial charge is 0.497 e. The van der Waals surface area contributed by atoms with Gasteiger partial charge in [0.15, 0.2) is 5.82 Å². The third-order valence-corrected chi connectivity index (χ3v) is 7.83. The molecule has 5 rings (SSSR count). The number of hydrogen-bond donors (Lipinski definition) is 1. The maximum absolute atomic E-state index is 12.7. The summed E-state index contributed by atoms with van der Waals surface area (Å²) in [4.78, 5) is 15.0. The maximum Gasteiger partial charge on any atom is 0.436 e. The number of nitrogens with one attached hydrogen (secondary N) is 1. The standard InChI is InChI=1S/C30H37N7O3S/c1-21(2)18-23-8-10-24(11-9-23)22(3)28-32-35(20-34-16-6-5-7-17-34)30(41)37(28)31-19-27-29(38)40-33-36(27)25-12-14-26(39-4)15-13-25/h8-15,19,21-22H,5-7,16-18,20H2,1-4H3/p+1. The summed E-state index contributed by atoms with van der Waals surface area (Å²) < 4.78 is 15.9. The predicted molar refractivity (Wildman–Crippen MR) is 159 cm³/mol. The van der Waals surface area contributed by atoms with Crippen LogP contribution in [-0.4, -0.2) is 51.0 Å². The normalized spacial score (nSPS) is 15.1. The first kappa shape index (κ1) is 28.7. The Morgan fingerprint density at radius 3 is 2.46 bits per heavy atom. The van der Waals surface area contributed by atoms with Gasteiger partial charge in [0, 0.05) is 18.1 Å². The molecular weight excluding hydrogens is 538 g/mol. The van der Waals surface area contributed by atoms with Crippen molar-refractivity contribution in [2.75, 3.05) is 20.2 Å². The van der Waals surface area contributed by atoms with Gasteiger partial charge >= 0.3 is 11.3 Å². The Labute approximate surface area is 244 Å². The molecule has 1 atom stereocenters. The van der Waals surface area contributed by atoms with Gasteiger partial charge in [0.2, 0.25) is 10.5 Å². The van der Waals surface area contributed by atoms with Gasteiger partial charge in [0.05, 0.1) is 13.8 Å². The van der Waals surface area contributed by atoms with Gasteiger partial charge in [-0.05, 0) is 83.7 Å². The molecule has 0 amide bonds. The van der Waals surface area contributed by atoms with Crippen molar-refractivity contribution in [1.29, 1.82) is 0 Å². The Morgan fingerprint density at radius 1 is 1.10 bits per heavy atom. The van der Waals surface area contributed by atoms with E-state index in [1.165, 1.54) is 35.7 Å². The number of likely N-dealkylation sites (tertiary alicyclic amines) is 1. The zero-order valence-corrected chi connectivity index (χ0v) is 24.9. The average molecular weight is 577 g/mol. The van der Waals surface area contributed by atoms with E-state index in [9.17, 15) is 4.79 Å². The Hall–Kier alpha value is -3.83. The van der Waals surface area contributed by atoms with E-state index >= 15 is 0 Å². The monoisotopic (exact) mass is 576 g/mol. The topological polar surface area (TPSA) is 97.5 Å². The summed E-state index contributed by atoms with van der Waals surface area (Å²) in [5.74, 6) is 1.92. The summed E-state index contributed by atoms with van der Waals surface area (Å²) in [6.07, 6.45) is 6.10. The van der Waals surface area contributed by atoms with E-state index in [1.54, 1.807) is 11.8 Å². The van der Waals surface area contributed by atoms with Crippen molar-refractivity contribution in [3.05, 3.63) is 86.4 Å². The van der Waals surface area contributed by atoms with Crippen LogP contribution in [0.3, 0.4) is 0 Å². The quantitative estimate of drug-likeness (QED) is 0.168. The van der Waals surface area contributed by atoms with E-state index < -0.39 is 5.63 Å². The number of H-pyrrole nitrogens is 1. The summed E-state index contributed by atoms with van der Waals surface area (Å²) in [6, 6.07) is 15.9. The number of aromatic nitrogens is 5. The number of benzene rings is 2. The van der Waals surface area contributed by atoms with Crippen LogP contribution >= 0.6 is 12.2 Å². The maximum atomic E-state index is 12.7. The smallest absolute Gasteiger partial charge is 0.436 e. The molecule has 2 aromatic heterocycles. The Kier molecular flexibility index (Phi) is 8.94. The molecule has 11 heteroatoms. The summed E-state index contributed by atoms with van der Waals surface area (Å²) in [7, 11) is 1.60. The fourth-order valence-corrected chi connectivity index (χ4v) is 5.40. The molecule has 0 bridgehead atoms. The molecule has 0 saturated carbocycles. The highest BCUT2D eigenvalue weighted by Crippen LogP contribution is 2.25. The second kappa shape index (κ2) is 12.8. The molecule has 1 unspecified atom stereocenters. The highest BCUT2D eigenvalue weighted by Gasteiger charge is 2.24. The summed E-state index contributed by atoms with van der Waals surface area (Å²) >= 11 is 5.89. The first-order valence-electron chi connectivity index (χ1n) is 14.2. The number of aromatic amines is 1. The molecular formula is C30H38N7O3S+. The SMILES string of the molecule is COc1ccc(-[n+]2[nH]oc(=O)c2/C=N/n2c(C(C)c3ccc(CC(C)C)cc3)nn(CN3CCCCC3)c2=S)cc1. The molecule has 41 heavy (non-hydrogen) atoms. The first-order valence-corrected chi connectivity index (χ1v) is 14.6. The van der Waals surface area contributed by atoms with Crippen molar-refractivity contribution in [2.24, 2.45) is 11.0 Å². The Morgan fingerprint density at radius 2 is 1.80 bits per heavy atom. The van der Waals surface area contributed by atoms with Gasteiger partial charge in [-0.25, -0.2) is 9.48 Å². The van der Waals surface area contributed by atoms with E-state index in [0.29, 0.717) is 34.6 Å². The molecule has 1 aliphatic heterocycles. The number of nitrogens with zero attached hydrogens (tertiary/aromatic N) is 6. The van der Waals surface area contributed by atoms with Crippen LogP contribution in [0.5, 0.6) is 5.75 Å². The minimum atomic E-state index is -0.549. The van der Waals surface area contributed by atoms with Crippen LogP contribution in [0.15, 0.2) is 62.9 Å². The minimum absolute atomic E-state index is 0.0825. The first-order chi connectivity index (χ1) is 19.8. The highest BCUT2D eigenvalue weighted by molar-refractivity contribution is 7.71. The van der Waals surface area contributed by atoms with Crippen molar-refractivity contribution in [2.45, 2.75) is 59.0 Å². The number of rotatable bonds is 10. The van der Waals surface area contributed by atoms with Crippen LogP contribution in [0.4, 0.5) is 0 Å². The molecule has 1 N–H and O–H groups in total. The van der Waals surface area contributed by atoms with Gasteiger partial charge in [-0.1, -0.05) is 51.5 Å². The van der Waals surface area contributed by atoms with Crippen molar-refractivity contribution in [3.8, 4) is 11.4 Å². The lowest BCUT2D eigenvalue weighted by molar-refractivity contribution is -0.671. The van der Waals surface area contributed by atoms with E-state index in [4.69, 9.17) is 31.7 Å². The fourth-order valence-electron chi connectivity index (χ4n) is 5.17. The van der Waals surface area contributed by atoms with E-state index in [0.717, 1.165) is 25.1 Å².